The van der Waals surface area contributed by atoms with E-state index in [-0.39, 0.29) is 11.8 Å². The van der Waals surface area contributed by atoms with Gasteiger partial charge in [0.15, 0.2) is 0 Å². The van der Waals surface area contributed by atoms with Crippen molar-refractivity contribution < 1.29 is 28.8 Å². The van der Waals surface area contributed by atoms with E-state index in [2.05, 4.69) is 4.98 Å². The first-order valence-corrected chi connectivity index (χ1v) is 12.5. The van der Waals surface area contributed by atoms with E-state index in [9.17, 15) is 9.90 Å². The number of hydrogen-bond acceptors (Lipinski definition) is 6. The van der Waals surface area contributed by atoms with Crippen molar-refractivity contribution in [2.24, 2.45) is 0 Å². The molecule has 37 heavy (non-hydrogen) atoms. The van der Waals surface area contributed by atoms with E-state index in [0.29, 0.717) is 31.2 Å². The Hall–Kier alpha value is -4.04. The minimum absolute atomic E-state index is 0.179. The van der Waals surface area contributed by atoms with Crippen LogP contribution in [-0.2, 0) is 11.3 Å². The van der Waals surface area contributed by atoms with Gasteiger partial charge >= 0.3 is 5.97 Å². The molecular weight excluding hydrogens is 472 g/mol. The molecule has 1 aliphatic heterocycles. The maximum atomic E-state index is 12.1. The summed E-state index contributed by atoms with van der Waals surface area (Å²) >= 11 is 0. The second kappa shape index (κ2) is 11.3. The van der Waals surface area contributed by atoms with E-state index >= 15 is 0 Å². The van der Waals surface area contributed by atoms with Crippen LogP contribution >= 0.6 is 0 Å². The molecule has 1 saturated heterocycles. The molecule has 192 valence electrons. The van der Waals surface area contributed by atoms with Crippen LogP contribution in [0.3, 0.4) is 0 Å². The van der Waals surface area contributed by atoms with Crippen LogP contribution in [0.5, 0.6) is 17.2 Å². The molecule has 4 aromatic rings. The highest BCUT2D eigenvalue weighted by Gasteiger charge is 2.19. The van der Waals surface area contributed by atoms with E-state index in [4.69, 9.17) is 18.9 Å². The summed E-state index contributed by atoms with van der Waals surface area (Å²) in [7, 11) is 0. The summed E-state index contributed by atoms with van der Waals surface area (Å²) in [5.41, 5.74) is 2.55. The lowest BCUT2D eigenvalue weighted by atomic mass is 10.1. The highest BCUT2D eigenvalue weighted by atomic mass is 16.5. The summed E-state index contributed by atoms with van der Waals surface area (Å²) in [5.74, 6) is 1.24. The molecule has 0 saturated carbocycles. The van der Waals surface area contributed by atoms with E-state index in [1.807, 2.05) is 61.5 Å². The number of rotatable bonds is 10. The largest absolute Gasteiger partial charge is 0.494 e. The molecule has 0 bridgehead atoms. The first kappa shape index (κ1) is 24.6. The molecule has 0 amide bonds. The lowest BCUT2D eigenvalue weighted by molar-refractivity contribution is 0.0255. The van der Waals surface area contributed by atoms with Gasteiger partial charge in [-0.3, -0.25) is 4.98 Å². The zero-order valence-electron chi connectivity index (χ0n) is 20.8. The maximum Gasteiger partial charge on any atom is 0.352 e. The third kappa shape index (κ3) is 5.70. The van der Waals surface area contributed by atoms with Crippen LogP contribution in [0.15, 0.2) is 66.9 Å². The van der Waals surface area contributed by atoms with Crippen molar-refractivity contribution in [1.29, 1.82) is 0 Å². The van der Waals surface area contributed by atoms with Crippen molar-refractivity contribution in [2.45, 2.75) is 32.4 Å². The van der Waals surface area contributed by atoms with Gasteiger partial charge < -0.3 is 28.6 Å². The highest BCUT2D eigenvalue weighted by Crippen LogP contribution is 2.31. The Bertz CT molecular complexity index is 1360. The Morgan fingerprint density at radius 1 is 1.03 bits per heavy atom. The van der Waals surface area contributed by atoms with Crippen molar-refractivity contribution in [3.8, 4) is 28.5 Å². The fraction of sp³-hybridized carbons (Fsp3) is 0.310. The Labute approximate surface area is 215 Å². The Kier molecular flexibility index (Phi) is 7.56. The normalized spacial score (nSPS) is 14.0. The van der Waals surface area contributed by atoms with Crippen LogP contribution in [0.25, 0.3) is 22.2 Å². The first-order chi connectivity index (χ1) is 18.1. The number of carbonyl (C=O) groups is 1. The third-order valence-electron chi connectivity index (χ3n) is 6.35. The van der Waals surface area contributed by atoms with Crippen LogP contribution in [-0.4, -0.2) is 53.2 Å². The van der Waals surface area contributed by atoms with E-state index in [1.165, 1.54) is 0 Å². The number of carboxylic acid groups (broad SMARTS) is 1. The summed E-state index contributed by atoms with van der Waals surface area (Å²) in [6.07, 6.45) is 3.66. The topological polar surface area (TPSA) is 92.0 Å². The first-order valence-electron chi connectivity index (χ1n) is 12.5. The molecule has 8 nitrogen and oxygen atoms in total. The van der Waals surface area contributed by atoms with Gasteiger partial charge in [-0.1, -0.05) is 12.1 Å². The average Bonchev–Trinajstić information content (AvgIpc) is 3.30. The number of aromatic nitrogens is 2. The highest BCUT2D eigenvalue weighted by molar-refractivity contribution is 6.00. The van der Waals surface area contributed by atoms with Crippen molar-refractivity contribution in [2.75, 3.05) is 26.4 Å². The zero-order chi connectivity index (χ0) is 25.6. The molecule has 0 atom stereocenters. The number of ether oxygens (including phenoxy) is 4. The lowest BCUT2D eigenvalue weighted by Gasteiger charge is -2.23. The monoisotopic (exact) mass is 502 g/mol. The van der Waals surface area contributed by atoms with Gasteiger partial charge in [-0.25, -0.2) is 4.79 Å². The molecule has 0 unspecified atom stereocenters. The predicted molar refractivity (Wildman–Crippen MR) is 140 cm³/mol. The quantitative estimate of drug-likeness (QED) is 0.309. The van der Waals surface area contributed by atoms with Gasteiger partial charge in [0.25, 0.3) is 0 Å². The summed E-state index contributed by atoms with van der Waals surface area (Å²) in [4.78, 5) is 16.6. The molecule has 8 heteroatoms. The number of nitrogens with zero attached hydrogens (tertiary/aromatic N) is 2. The second-order valence-electron chi connectivity index (χ2n) is 8.79. The molecule has 2 aromatic heterocycles. The molecule has 0 aliphatic carbocycles. The fourth-order valence-electron chi connectivity index (χ4n) is 4.59. The van der Waals surface area contributed by atoms with E-state index < -0.39 is 5.97 Å². The minimum Gasteiger partial charge on any atom is -0.494 e. The number of pyridine rings is 1. The number of benzene rings is 2. The second-order valence-corrected chi connectivity index (χ2v) is 8.79. The van der Waals surface area contributed by atoms with Gasteiger partial charge in [0.05, 0.1) is 37.6 Å². The van der Waals surface area contributed by atoms with Crippen molar-refractivity contribution in [3.05, 3.63) is 72.6 Å². The molecule has 3 heterocycles. The fourth-order valence-corrected chi connectivity index (χ4v) is 4.59. The van der Waals surface area contributed by atoms with Crippen LogP contribution in [0.4, 0.5) is 0 Å². The average molecular weight is 503 g/mol. The maximum absolute atomic E-state index is 12.1. The Morgan fingerprint density at radius 3 is 2.57 bits per heavy atom. The smallest absolute Gasteiger partial charge is 0.352 e. The summed E-state index contributed by atoms with van der Waals surface area (Å²) in [6, 6.07) is 18.7. The van der Waals surface area contributed by atoms with Crippen LogP contribution < -0.4 is 14.2 Å². The number of carboxylic acids is 1. The number of fused-ring (bicyclic) bond motifs is 1. The lowest BCUT2D eigenvalue weighted by Crippen LogP contribution is -2.25. The van der Waals surface area contributed by atoms with Crippen LogP contribution in [0.2, 0.25) is 0 Å². The van der Waals surface area contributed by atoms with Gasteiger partial charge in [0.1, 0.15) is 35.7 Å². The van der Waals surface area contributed by atoms with E-state index in [0.717, 1.165) is 54.0 Å². The van der Waals surface area contributed by atoms with Gasteiger partial charge in [-0.15, -0.1) is 0 Å². The van der Waals surface area contributed by atoms with Gasteiger partial charge in [0, 0.05) is 30.0 Å². The molecule has 1 fully saturated rings. The SMILES string of the molecule is CCOc1cccc(-c2nccc3c2cc(C(=O)O)n3CCOc2ccc(OC3CCOCC3)cc2)c1. The Balaban J connectivity index is 1.32. The summed E-state index contributed by atoms with van der Waals surface area (Å²) in [5, 5.41) is 10.7. The summed E-state index contributed by atoms with van der Waals surface area (Å²) in [6.45, 7) is 4.63. The number of aromatic carboxylic acids is 1. The van der Waals surface area contributed by atoms with E-state index in [1.54, 1.807) is 16.8 Å². The number of hydrogen-bond donors (Lipinski definition) is 1. The summed E-state index contributed by atoms with van der Waals surface area (Å²) < 4.78 is 24.7. The molecule has 0 radical (unpaired) electrons. The van der Waals surface area contributed by atoms with Crippen molar-refractivity contribution >= 4 is 16.9 Å². The van der Waals surface area contributed by atoms with Crippen LogP contribution in [0.1, 0.15) is 30.3 Å². The molecule has 2 aromatic carbocycles. The van der Waals surface area contributed by atoms with Crippen molar-refractivity contribution in [1.82, 2.24) is 9.55 Å². The molecule has 1 N–H and O–H groups in total. The minimum atomic E-state index is -1.00. The zero-order valence-corrected chi connectivity index (χ0v) is 20.8. The molecule has 5 rings (SSSR count). The van der Waals surface area contributed by atoms with Gasteiger partial charge in [-0.2, -0.15) is 0 Å². The predicted octanol–water partition coefficient (Wildman–Crippen LogP) is 5.44. The molecule has 1 aliphatic rings. The van der Waals surface area contributed by atoms with Gasteiger partial charge in [-0.05, 0) is 55.5 Å². The standard InChI is InChI=1S/C29H30N2O6/c1-2-35-24-5-3-4-20(18-24)28-25-19-27(29(32)33)31(26(25)10-13-30-28)14-17-36-21-6-8-22(9-7-21)37-23-11-15-34-16-12-23/h3-10,13,18-19,23H,2,11-12,14-17H2,1H3,(H,32,33). The third-order valence-corrected chi connectivity index (χ3v) is 6.35. The molecule has 0 spiro atoms. The van der Waals surface area contributed by atoms with Crippen molar-refractivity contribution in [3.63, 3.8) is 0 Å². The molecular formula is C29H30N2O6. The Morgan fingerprint density at radius 2 is 1.81 bits per heavy atom. The van der Waals surface area contributed by atoms with Gasteiger partial charge in [0.2, 0.25) is 0 Å². The van der Waals surface area contributed by atoms with Crippen LogP contribution in [0, 0.1) is 0 Å².